The van der Waals surface area contributed by atoms with E-state index in [1.165, 1.54) is 17.0 Å². The molecule has 154 valence electrons. The number of rotatable bonds is 5. The van der Waals surface area contributed by atoms with E-state index >= 15 is 0 Å². The van der Waals surface area contributed by atoms with Gasteiger partial charge < -0.3 is 5.32 Å². The van der Waals surface area contributed by atoms with Crippen molar-refractivity contribution >= 4 is 23.4 Å². The number of halogens is 1. The number of carbonyl (C=O) groups is 3. The van der Waals surface area contributed by atoms with E-state index in [9.17, 15) is 18.8 Å². The van der Waals surface area contributed by atoms with Gasteiger partial charge in [0.25, 0.3) is 0 Å². The van der Waals surface area contributed by atoms with Crippen LogP contribution >= 0.6 is 0 Å². The number of carbonyl (C=O) groups excluding carboxylic acids is 3. The molecule has 1 saturated heterocycles. The quantitative estimate of drug-likeness (QED) is 0.767. The number of hydrogen-bond donors (Lipinski definition) is 1. The monoisotopic (exact) mass is 406 g/mol. The molecule has 3 fully saturated rings. The minimum Gasteiger partial charge on any atom is -0.326 e. The molecule has 1 N–H and O–H groups in total. The second-order valence-electron chi connectivity index (χ2n) is 8.60. The van der Waals surface area contributed by atoms with Gasteiger partial charge in [-0.25, -0.2) is 4.39 Å². The highest BCUT2D eigenvalue weighted by molar-refractivity contribution is 6.06. The van der Waals surface area contributed by atoms with Crippen molar-refractivity contribution in [2.24, 2.45) is 23.7 Å². The number of likely N-dealkylation sites (tertiary alicyclic amines) is 1. The lowest BCUT2D eigenvalue weighted by molar-refractivity contribution is -0.140. The minimum absolute atomic E-state index is 0.0792. The van der Waals surface area contributed by atoms with Gasteiger partial charge in [-0.2, -0.15) is 0 Å². The maximum absolute atomic E-state index is 13.4. The number of fused-ring (bicyclic) bond motifs is 5. The Kier molecular flexibility index (Phi) is 4.65. The molecule has 1 aliphatic heterocycles. The third kappa shape index (κ3) is 3.20. The van der Waals surface area contributed by atoms with Gasteiger partial charge in [-0.3, -0.25) is 19.3 Å². The van der Waals surface area contributed by atoms with E-state index in [-0.39, 0.29) is 48.3 Å². The molecule has 3 aliphatic rings. The van der Waals surface area contributed by atoms with Gasteiger partial charge in [0.05, 0.1) is 11.8 Å². The van der Waals surface area contributed by atoms with Crippen LogP contribution < -0.4 is 5.32 Å². The third-order valence-electron chi connectivity index (χ3n) is 6.91. The topological polar surface area (TPSA) is 66.5 Å². The van der Waals surface area contributed by atoms with Crippen LogP contribution in [0, 0.1) is 29.5 Å². The third-order valence-corrected chi connectivity index (χ3v) is 6.91. The zero-order valence-corrected chi connectivity index (χ0v) is 16.5. The van der Waals surface area contributed by atoms with Gasteiger partial charge in [0, 0.05) is 18.7 Å². The second kappa shape index (κ2) is 7.35. The molecule has 2 aromatic rings. The normalized spacial score (nSPS) is 26.9. The summed E-state index contributed by atoms with van der Waals surface area (Å²) in [5.74, 6) is -0.279. The molecule has 2 bridgehead atoms. The number of hydrogen-bond acceptors (Lipinski definition) is 3. The summed E-state index contributed by atoms with van der Waals surface area (Å²) >= 11 is 0. The molecule has 4 atom stereocenters. The molecular formula is C24H23FN2O3. The molecule has 5 rings (SSSR count). The Hall–Kier alpha value is -3.02. The smallest absolute Gasteiger partial charge is 0.233 e. The van der Waals surface area contributed by atoms with Crippen molar-refractivity contribution in [3.63, 3.8) is 0 Å². The lowest BCUT2D eigenvalue weighted by Crippen LogP contribution is -2.35. The largest absolute Gasteiger partial charge is 0.326 e. The fourth-order valence-corrected chi connectivity index (χ4v) is 5.54. The van der Waals surface area contributed by atoms with Crippen molar-refractivity contribution in [2.45, 2.75) is 25.7 Å². The molecule has 0 aromatic heterocycles. The average Bonchev–Trinajstić information content (AvgIpc) is 3.41. The molecule has 2 aromatic carbocycles. The van der Waals surface area contributed by atoms with Crippen LogP contribution in [0.1, 0.15) is 25.7 Å². The maximum Gasteiger partial charge on any atom is 0.233 e. The van der Waals surface area contributed by atoms with E-state index in [2.05, 4.69) is 5.32 Å². The highest BCUT2D eigenvalue weighted by atomic mass is 19.1. The van der Waals surface area contributed by atoms with Crippen molar-refractivity contribution in [3.05, 3.63) is 54.3 Å². The van der Waals surface area contributed by atoms with Crippen LogP contribution in [0.2, 0.25) is 0 Å². The Bertz CT molecular complexity index is 991. The predicted molar refractivity (Wildman–Crippen MR) is 110 cm³/mol. The number of nitrogens with zero attached hydrogens (tertiary/aromatic N) is 1. The van der Waals surface area contributed by atoms with Crippen LogP contribution in [0.3, 0.4) is 0 Å². The first kappa shape index (κ1) is 19.0. The van der Waals surface area contributed by atoms with E-state index in [1.54, 1.807) is 18.2 Å². The van der Waals surface area contributed by atoms with E-state index in [4.69, 9.17) is 0 Å². The van der Waals surface area contributed by atoms with Crippen molar-refractivity contribution in [3.8, 4) is 11.1 Å². The lowest BCUT2D eigenvalue weighted by atomic mass is 9.81. The number of benzene rings is 2. The molecule has 5 nitrogen and oxygen atoms in total. The SMILES string of the molecule is O=C(CCN1C(=O)C2C3CCC(C3)C2C1=O)Nc1ccc(-c2cccc(F)c2)cc1. The fraction of sp³-hybridized carbons (Fsp3) is 0.375. The Morgan fingerprint density at radius 2 is 1.63 bits per heavy atom. The van der Waals surface area contributed by atoms with Gasteiger partial charge >= 0.3 is 0 Å². The lowest BCUT2D eigenvalue weighted by Gasteiger charge is -2.19. The van der Waals surface area contributed by atoms with Crippen molar-refractivity contribution < 1.29 is 18.8 Å². The summed E-state index contributed by atoms with van der Waals surface area (Å²) in [6.07, 6.45) is 3.18. The van der Waals surface area contributed by atoms with Crippen LogP contribution in [0.25, 0.3) is 11.1 Å². The number of amides is 3. The van der Waals surface area contributed by atoms with Crippen LogP contribution in [-0.4, -0.2) is 29.2 Å². The van der Waals surface area contributed by atoms with Crippen LogP contribution in [0.4, 0.5) is 10.1 Å². The summed E-state index contributed by atoms with van der Waals surface area (Å²) in [5.41, 5.74) is 2.23. The Morgan fingerprint density at radius 3 is 2.27 bits per heavy atom. The summed E-state index contributed by atoms with van der Waals surface area (Å²) in [4.78, 5) is 39.1. The zero-order valence-electron chi connectivity index (χ0n) is 16.5. The van der Waals surface area contributed by atoms with Crippen molar-refractivity contribution in [1.82, 2.24) is 4.90 Å². The van der Waals surface area contributed by atoms with Crippen molar-refractivity contribution in [1.29, 1.82) is 0 Å². The molecule has 0 spiro atoms. The van der Waals surface area contributed by atoms with Crippen LogP contribution in [0.15, 0.2) is 48.5 Å². The molecule has 2 aliphatic carbocycles. The molecule has 1 heterocycles. The number of nitrogens with one attached hydrogen (secondary N) is 1. The van der Waals surface area contributed by atoms with Gasteiger partial charge in [-0.15, -0.1) is 0 Å². The minimum atomic E-state index is -0.298. The predicted octanol–water partition coefficient (Wildman–Crippen LogP) is 3.85. The van der Waals surface area contributed by atoms with Crippen LogP contribution in [-0.2, 0) is 14.4 Å². The Balaban J connectivity index is 1.18. The van der Waals surface area contributed by atoms with Gasteiger partial charge in [-0.05, 0) is 66.5 Å². The summed E-state index contributed by atoms with van der Waals surface area (Å²) in [6.45, 7) is 0.136. The zero-order chi connectivity index (χ0) is 20.8. The first-order valence-electron chi connectivity index (χ1n) is 10.5. The highest BCUT2D eigenvalue weighted by Gasteiger charge is 2.60. The van der Waals surface area contributed by atoms with Crippen LogP contribution in [0.5, 0.6) is 0 Å². The van der Waals surface area contributed by atoms with E-state index in [0.717, 1.165) is 30.4 Å². The number of imide groups is 1. The first-order chi connectivity index (χ1) is 14.5. The highest BCUT2D eigenvalue weighted by Crippen LogP contribution is 2.56. The molecule has 0 radical (unpaired) electrons. The summed E-state index contributed by atoms with van der Waals surface area (Å²) in [5, 5.41) is 2.80. The molecule has 3 amide bonds. The van der Waals surface area contributed by atoms with Crippen molar-refractivity contribution in [2.75, 3.05) is 11.9 Å². The summed E-state index contributed by atoms with van der Waals surface area (Å²) < 4.78 is 13.4. The van der Waals surface area contributed by atoms with E-state index in [0.29, 0.717) is 17.5 Å². The standard InChI is InChI=1S/C24H23FN2O3/c25-18-3-1-2-15(13-18)14-6-8-19(9-7-14)26-20(28)10-11-27-23(29)21-16-4-5-17(12-16)22(21)24(27)30/h1-3,6-9,13,16-17,21-22H,4-5,10-12H2,(H,26,28). The molecular weight excluding hydrogens is 383 g/mol. The van der Waals surface area contributed by atoms with E-state index in [1.807, 2.05) is 18.2 Å². The average molecular weight is 406 g/mol. The first-order valence-corrected chi connectivity index (χ1v) is 10.5. The maximum atomic E-state index is 13.4. The second-order valence-corrected chi connectivity index (χ2v) is 8.60. The van der Waals surface area contributed by atoms with Gasteiger partial charge in [0.15, 0.2) is 0 Å². The van der Waals surface area contributed by atoms with E-state index < -0.39 is 0 Å². The number of anilines is 1. The Morgan fingerprint density at radius 1 is 0.967 bits per heavy atom. The Labute approximate surface area is 174 Å². The van der Waals surface area contributed by atoms with Gasteiger partial charge in [0.1, 0.15) is 5.82 Å². The molecule has 30 heavy (non-hydrogen) atoms. The van der Waals surface area contributed by atoms with Gasteiger partial charge in [-0.1, -0.05) is 24.3 Å². The van der Waals surface area contributed by atoms with Gasteiger partial charge in [0.2, 0.25) is 17.7 Å². The molecule has 6 heteroatoms. The molecule has 4 unspecified atom stereocenters. The summed E-state index contributed by atoms with van der Waals surface area (Å²) in [7, 11) is 0. The fourth-order valence-electron chi connectivity index (χ4n) is 5.54. The molecule has 2 saturated carbocycles. The summed E-state index contributed by atoms with van der Waals surface area (Å²) in [6, 6.07) is 13.5.